The topological polar surface area (TPSA) is 94.3 Å². The number of primary amides is 1. The van der Waals surface area contributed by atoms with E-state index >= 15 is 0 Å². The van der Waals surface area contributed by atoms with Crippen molar-refractivity contribution in [1.82, 2.24) is 10.3 Å². The molecule has 3 rings (SSSR count). The highest BCUT2D eigenvalue weighted by Gasteiger charge is 2.19. The van der Waals surface area contributed by atoms with Crippen molar-refractivity contribution < 1.29 is 14.3 Å². The van der Waals surface area contributed by atoms with Crippen molar-refractivity contribution in [2.75, 3.05) is 0 Å². The van der Waals surface area contributed by atoms with E-state index in [-0.39, 0.29) is 5.91 Å². The van der Waals surface area contributed by atoms with Gasteiger partial charge in [0.05, 0.1) is 0 Å². The lowest BCUT2D eigenvalue weighted by molar-refractivity contribution is -0.119. The zero-order chi connectivity index (χ0) is 19.8. The monoisotopic (exact) mass is 375 g/mol. The van der Waals surface area contributed by atoms with E-state index in [1.165, 1.54) is 0 Å². The molecule has 0 bridgehead atoms. The van der Waals surface area contributed by atoms with Crippen molar-refractivity contribution in [3.63, 3.8) is 0 Å². The quantitative estimate of drug-likeness (QED) is 0.632. The van der Waals surface area contributed by atoms with E-state index in [0.717, 1.165) is 11.1 Å². The number of nitrogens with zero attached hydrogens (tertiary/aromatic N) is 1. The van der Waals surface area contributed by atoms with E-state index in [4.69, 9.17) is 10.5 Å². The minimum atomic E-state index is -0.780. The number of nitrogens with one attached hydrogen (secondary N) is 1. The molecule has 0 aliphatic carbocycles. The number of carbonyl (C=O) groups is 2. The SMILES string of the molecule is NC(=O)C(Cc1ccccc1)NC(=O)c1ccc(OCc2ccncc2)cc1. The van der Waals surface area contributed by atoms with Gasteiger partial charge in [-0.2, -0.15) is 0 Å². The fraction of sp³-hybridized carbons (Fsp3) is 0.136. The van der Waals surface area contributed by atoms with E-state index in [1.54, 1.807) is 36.7 Å². The molecule has 1 atom stereocenters. The first kappa shape index (κ1) is 19.1. The van der Waals surface area contributed by atoms with Crippen LogP contribution >= 0.6 is 0 Å². The van der Waals surface area contributed by atoms with Crippen LogP contribution in [0.4, 0.5) is 0 Å². The molecule has 0 spiro atoms. The fourth-order valence-electron chi connectivity index (χ4n) is 2.66. The number of hydrogen-bond donors (Lipinski definition) is 2. The number of aromatic nitrogens is 1. The summed E-state index contributed by atoms with van der Waals surface area (Å²) in [6.07, 6.45) is 3.75. The Labute approximate surface area is 163 Å². The van der Waals surface area contributed by atoms with Gasteiger partial charge in [0.2, 0.25) is 5.91 Å². The Morgan fingerprint density at radius 2 is 1.61 bits per heavy atom. The molecule has 0 saturated heterocycles. The summed E-state index contributed by atoms with van der Waals surface area (Å²) < 4.78 is 5.69. The number of benzene rings is 2. The van der Waals surface area contributed by atoms with Crippen LogP contribution in [-0.4, -0.2) is 22.8 Å². The van der Waals surface area contributed by atoms with Gasteiger partial charge in [-0.3, -0.25) is 14.6 Å². The van der Waals surface area contributed by atoms with E-state index in [1.807, 2.05) is 42.5 Å². The van der Waals surface area contributed by atoms with Gasteiger partial charge in [-0.1, -0.05) is 30.3 Å². The van der Waals surface area contributed by atoms with Gasteiger partial charge < -0.3 is 15.8 Å². The first-order valence-electron chi connectivity index (χ1n) is 8.87. The molecule has 1 heterocycles. The molecular formula is C22H21N3O3. The second-order valence-electron chi connectivity index (χ2n) is 6.29. The molecule has 0 aliphatic rings. The van der Waals surface area contributed by atoms with Crippen molar-refractivity contribution in [3.05, 3.63) is 95.8 Å². The van der Waals surface area contributed by atoms with Crippen molar-refractivity contribution in [2.24, 2.45) is 5.73 Å². The maximum absolute atomic E-state index is 12.5. The number of pyridine rings is 1. The van der Waals surface area contributed by atoms with Crippen LogP contribution in [0.25, 0.3) is 0 Å². The molecule has 0 fully saturated rings. The van der Waals surface area contributed by atoms with E-state index < -0.39 is 11.9 Å². The molecule has 0 radical (unpaired) electrons. The average Bonchev–Trinajstić information content (AvgIpc) is 2.73. The number of nitrogens with two attached hydrogens (primary N) is 1. The van der Waals surface area contributed by atoms with Gasteiger partial charge in [-0.25, -0.2) is 0 Å². The molecule has 1 aromatic heterocycles. The first-order valence-corrected chi connectivity index (χ1v) is 8.87. The standard InChI is InChI=1S/C22H21N3O3/c23-21(26)20(14-16-4-2-1-3-5-16)25-22(27)18-6-8-19(9-7-18)28-15-17-10-12-24-13-11-17/h1-13,20H,14-15H2,(H2,23,26)(H,25,27). The predicted octanol–water partition coefficient (Wildman–Crippen LogP) is 2.49. The van der Waals surface area contributed by atoms with Gasteiger partial charge in [0.1, 0.15) is 18.4 Å². The second-order valence-corrected chi connectivity index (χ2v) is 6.29. The summed E-state index contributed by atoms with van der Waals surface area (Å²) in [4.78, 5) is 28.2. The summed E-state index contributed by atoms with van der Waals surface area (Å²) in [6.45, 7) is 0.412. The Bertz CT molecular complexity index is 913. The fourth-order valence-corrected chi connectivity index (χ4v) is 2.66. The summed E-state index contributed by atoms with van der Waals surface area (Å²) in [7, 11) is 0. The number of carbonyl (C=O) groups excluding carboxylic acids is 2. The molecular weight excluding hydrogens is 354 g/mol. The van der Waals surface area contributed by atoms with Crippen LogP contribution in [0.2, 0.25) is 0 Å². The maximum Gasteiger partial charge on any atom is 0.251 e. The molecule has 28 heavy (non-hydrogen) atoms. The number of rotatable bonds is 8. The number of hydrogen-bond acceptors (Lipinski definition) is 4. The normalized spacial score (nSPS) is 11.4. The van der Waals surface area contributed by atoms with E-state index in [9.17, 15) is 9.59 Å². The highest BCUT2D eigenvalue weighted by Crippen LogP contribution is 2.14. The summed E-state index contributed by atoms with van der Waals surface area (Å²) in [6, 6.07) is 19.1. The minimum Gasteiger partial charge on any atom is -0.489 e. The molecule has 0 saturated carbocycles. The van der Waals surface area contributed by atoms with Crippen LogP contribution in [0.15, 0.2) is 79.1 Å². The van der Waals surface area contributed by atoms with Gasteiger partial charge in [-0.15, -0.1) is 0 Å². The molecule has 6 nitrogen and oxygen atoms in total. The highest BCUT2D eigenvalue weighted by atomic mass is 16.5. The number of amides is 2. The zero-order valence-corrected chi connectivity index (χ0v) is 15.2. The Morgan fingerprint density at radius 3 is 2.25 bits per heavy atom. The van der Waals surface area contributed by atoms with Gasteiger partial charge in [0, 0.05) is 24.4 Å². The molecule has 2 amide bonds. The maximum atomic E-state index is 12.5. The third kappa shape index (κ3) is 5.41. The van der Waals surface area contributed by atoms with Crippen molar-refractivity contribution in [2.45, 2.75) is 19.1 Å². The predicted molar refractivity (Wildman–Crippen MR) is 106 cm³/mol. The van der Waals surface area contributed by atoms with Crippen molar-refractivity contribution in [1.29, 1.82) is 0 Å². The van der Waals surface area contributed by atoms with E-state index in [2.05, 4.69) is 10.3 Å². The molecule has 6 heteroatoms. The minimum absolute atomic E-state index is 0.342. The van der Waals surface area contributed by atoms with Crippen LogP contribution < -0.4 is 15.8 Å². The lowest BCUT2D eigenvalue weighted by Gasteiger charge is -2.16. The highest BCUT2D eigenvalue weighted by molar-refractivity contribution is 5.97. The van der Waals surface area contributed by atoms with Crippen LogP contribution in [-0.2, 0) is 17.8 Å². The number of ether oxygens (including phenoxy) is 1. The largest absolute Gasteiger partial charge is 0.489 e. The molecule has 3 aromatic rings. The van der Waals surface area contributed by atoms with Crippen LogP contribution in [0.3, 0.4) is 0 Å². The lowest BCUT2D eigenvalue weighted by Crippen LogP contribution is -2.45. The summed E-state index contributed by atoms with van der Waals surface area (Å²) >= 11 is 0. The summed E-state index contributed by atoms with van der Waals surface area (Å²) in [5, 5.41) is 2.70. The zero-order valence-electron chi connectivity index (χ0n) is 15.2. The summed E-state index contributed by atoms with van der Waals surface area (Å²) in [5.41, 5.74) is 7.80. The van der Waals surface area contributed by atoms with Gasteiger partial charge in [0.15, 0.2) is 0 Å². The Morgan fingerprint density at radius 1 is 0.929 bits per heavy atom. The molecule has 1 unspecified atom stereocenters. The Kier molecular flexibility index (Phi) is 6.36. The smallest absolute Gasteiger partial charge is 0.251 e. The molecule has 0 aliphatic heterocycles. The van der Waals surface area contributed by atoms with Gasteiger partial charge in [-0.05, 0) is 47.5 Å². The second kappa shape index (κ2) is 9.32. The molecule has 142 valence electrons. The van der Waals surface area contributed by atoms with Gasteiger partial charge >= 0.3 is 0 Å². The Balaban J connectivity index is 1.59. The van der Waals surface area contributed by atoms with Gasteiger partial charge in [0.25, 0.3) is 5.91 Å². The van der Waals surface area contributed by atoms with Crippen molar-refractivity contribution >= 4 is 11.8 Å². The van der Waals surface area contributed by atoms with Crippen LogP contribution in [0.1, 0.15) is 21.5 Å². The third-order valence-corrected chi connectivity index (χ3v) is 4.20. The lowest BCUT2D eigenvalue weighted by atomic mass is 10.0. The van der Waals surface area contributed by atoms with Crippen molar-refractivity contribution in [3.8, 4) is 5.75 Å². The molecule has 3 N–H and O–H groups in total. The van der Waals surface area contributed by atoms with Crippen LogP contribution in [0, 0.1) is 0 Å². The summed E-state index contributed by atoms with van der Waals surface area (Å²) in [5.74, 6) is -0.293. The Hall–Kier alpha value is -3.67. The van der Waals surface area contributed by atoms with Crippen LogP contribution in [0.5, 0.6) is 5.75 Å². The van der Waals surface area contributed by atoms with E-state index in [0.29, 0.717) is 24.3 Å². The third-order valence-electron chi connectivity index (χ3n) is 4.20. The molecule has 2 aromatic carbocycles. The first-order chi connectivity index (χ1) is 13.6. The average molecular weight is 375 g/mol.